The number of carbonyl (C=O) groups excluding carboxylic acids is 12. The maximum atomic E-state index is 13.3. The fraction of sp³-hybridized carbons (Fsp3) is 0.476. The van der Waals surface area contributed by atoms with Gasteiger partial charge in [-0.05, 0) is 58.2 Å². The van der Waals surface area contributed by atoms with Gasteiger partial charge in [-0.25, -0.2) is 96.0 Å². The second kappa shape index (κ2) is 29.9. The van der Waals surface area contributed by atoms with Gasteiger partial charge >= 0.3 is 54.1 Å². The number of β-lactam (4-membered cyclic amide) rings is 3. The van der Waals surface area contributed by atoms with Crippen LogP contribution in [-0.4, -0.2) is 297 Å². The average Bonchev–Trinajstić information content (AvgIpc) is 1.57. The van der Waals surface area contributed by atoms with Crippen molar-refractivity contribution >= 4 is 155 Å². The largest absolute Gasteiger partial charge is 0.480 e. The molecule has 9 N–H and O–H groups in total. The topological polar surface area (TPSA) is 520 Å². The Morgan fingerprint density at radius 2 is 0.593 bits per heavy atom. The number of nitrogens with zero attached hydrogens (tertiary/aromatic N) is 9. The quantitative estimate of drug-likeness (QED) is 0.0711. The Kier molecular flexibility index (Phi) is 22.3. The molecule has 18 amide bonds. The van der Waals surface area contributed by atoms with E-state index in [1.807, 2.05) is 0 Å². The van der Waals surface area contributed by atoms with Crippen LogP contribution in [0.25, 0.3) is 0 Å². The average molecular weight is 1620 g/mol. The van der Waals surface area contributed by atoms with Crippen molar-refractivity contribution < 1.29 is 112 Å². The Hall–Kier alpha value is -9.99. The van der Waals surface area contributed by atoms with Crippen LogP contribution in [0, 0.1) is 0 Å². The van der Waals surface area contributed by atoms with Gasteiger partial charge in [0.2, 0.25) is 65.5 Å². The summed E-state index contributed by atoms with van der Waals surface area (Å²) in [6.45, 7) is 9.05. The number of carboxylic acid groups (broad SMARTS) is 3. The normalized spacial score (nSPS) is 25.8. The first-order chi connectivity index (χ1) is 50.2. The summed E-state index contributed by atoms with van der Waals surface area (Å²) in [6.07, 6.45) is 2.55. The maximum absolute atomic E-state index is 13.3. The summed E-state index contributed by atoms with van der Waals surface area (Å²) in [5.41, 5.74) is 1.09. The Morgan fingerprint density at radius 3 is 0.778 bits per heavy atom. The Labute approximate surface area is 630 Å². The number of sulfonamides is 3. The zero-order chi connectivity index (χ0) is 79.7. The van der Waals surface area contributed by atoms with Crippen molar-refractivity contribution in [1.82, 2.24) is 74.2 Å². The molecule has 9 aliphatic rings. The molecule has 12 atom stereocenters. The van der Waals surface area contributed by atoms with Crippen molar-refractivity contribution in [3.63, 3.8) is 0 Å². The standard InChI is InChI=1S/3C21H25N5O8S2/c3*1-21(2)14(18(29)30)26-16(28)13(17(26)35-21)22-15(27)12(11-7-5-4-6-8-11)23-19(31)24-9-10-25(20(24)32)36(3,33)34/h3*4-8,12-14,17H,9-10H2,1-3H3,(H,22,27)(H,23,31)(H,29,30)/t3*12-,13-,14+,17-/m000/s1. The summed E-state index contributed by atoms with van der Waals surface area (Å²) in [5.74, 6) is -7.27. The van der Waals surface area contributed by atoms with Crippen LogP contribution in [0.4, 0.5) is 28.8 Å². The van der Waals surface area contributed by atoms with E-state index < -0.39 is 204 Å². The number of thioether (sulfide) groups is 3. The zero-order valence-electron chi connectivity index (χ0n) is 58.7. The molecule has 0 spiro atoms. The van der Waals surface area contributed by atoms with E-state index in [2.05, 4.69) is 31.9 Å². The number of rotatable bonds is 18. The molecule has 3 aromatic rings. The predicted octanol–water partition coefficient (Wildman–Crippen LogP) is -0.701. The second-order valence-corrected chi connectivity index (χ2v) is 38.5. The number of carbonyl (C=O) groups is 15. The van der Waals surface area contributed by atoms with Gasteiger partial charge in [-0.2, -0.15) is 0 Å². The molecule has 0 radical (unpaired) electrons. The predicted molar refractivity (Wildman–Crippen MR) is 381 cm³/mol. The van der Waals surface area contributed by atoms with Gasteiger partial charge in [0.1, 0.15) is 70.5 Å². The van der Waals surface area contributed by atoms with Crippen LogP contribution >= 0.6 is 35.3 Å². The Morgan fingerprint density at radius 1 is 0.380 bits per heavy atom. The van der Waals surface area contributed by atoms with Gasteiger partial charge in [-0.15, -0.1) is 35.3 Å². The Balaban J connectivity index is 0.000000173. The van der Waals surface area contributed by atoms with E-state index in [-0.39, 0.29) is 39.3 Å². The van der Waals surface area contributed by atoms with E-state index in [1.165, 1.54) is 50.0 Å². The minimum Gasteiger partial charge on any atom is -0.480 e. The van der Waals surface area contributed by atoms with Gasteiger partial charge in [0, 0.05) is 14.2 Å². The number of benzene rings is 3. The van der Waals surface area contributed by atoms with Crippen LogP contribution in [0.3, 0.4) is 0 Å². The number of hydrogen-bond donors (Lipinski definition) is 9. The first kappa shape index (κ1) is 80.5. The molecule has 0 unspecified atom stereocenters. The highest BCUT2D eigenvalue weighted by atomic mass is 32.2. The molecule has 3 aromatic carbocycles. The summed E-state index contributed by atoms with van der Waals surface area (Å²) in [4.78, 5) is 195. The summed E-state index contributed by atoms with van der Waals surface area (Å²) in [5, 5.41) is 42.1. The van der Waals surface area contributed by atoms with Gasteiger partial charge in [0.05, 0.1) is 58.0 Å². The number of nitrogens with one attached hydrogen (secondary N) is 6. The lowest BCUT2D eigenvalue weighted by atomic mass is 9.95. The van der Waals surface area contributed by atoms with Crippen molar-refractivity contribution in [2.24, 2.45) is 0 Å². The van der Waals surface area contributed by atoms with Gasteiger partial charge in [0.15, 0.2) is 0 Å². The summed E-state index contributed by atoms with van der Waals surface area (Å²) in [7, 11) is -11.6. The van der Waals surface area contributed by atoms with Crippen LogP contribution in [-0.2, 0) is 73.2 Å². The molecule has 582 valence electrons. The van der Waals surface area contributed by atoms with Gasteiger partial charge in [-0.1, -0.05) is 91.0 Å². The smallest absolute Gasteiger partial charge is 0.341 e. The third-order valence-electron chi connectivity index (χ3n) is 18.8. The van der Waals surface area contributed by atoms with Crippen molar-refractivity contribution in [3.8, 4) is 0 Å². The first-order valence-corrected chi connectivity index (χ1v) is 40.9. The molecule has 12 rings (SSSR count). The SMILES string of the molecule is CC1(C)S[C@H]2[C@@H](NC(=O)[C@@H](NC(=O)N3CCN(S(C)(=O)=O)C3=O)c3ccccc3)C(=O)N2[C@@H]1C(=O)O.CC1(C)S[C@H]2[C@@H](NC(=O)[C@@H](NC(=O)N3CCN(S(C)(=O)=O)C3=O)c3ccccc3)C(=O)N2[C@@H]1C(=O)O.CC1(C)S[C@H]2[C@@H](NC(=O)[C@@H](NC(=O)N3CCN(S(C)(=O)=O)C3=O)c3ccccc3)C(=O)N2[C@@H]1C(=O)O. The third kappa shape index (κ3) is 15.6. The number of urea groups is 6. The highest BCUT2D eigenvalue weighted by Crippen LogP contribution is 2.53. The number of fused-ring (bicyclic) bond motifs is 3. The van der Waals surface area contributed by atoms with Crippen molar-refractivity contribution in [2.45, 2.75) is 126 Å². The molecule has 9 aliphatic heterocycles. The van der Waals surface area contributed by atoms with Crippen LogP contribution in [0.2, 0.25) is 0 Å². The lowest BCUT2D eigenvalue weighted by molar-refractivity contribution is -0.161. The minimum atomic E-state index is -3.87. The summed E-state index contributed by atoms with van der Waals surface area (Å²) >= 11 is 3.78. The number of aliphatic carboxylic acids is 3. The van der Waals surface area contributed by atoms with E-state index in [9.17, 15) is 112 Å². The van der Waals surface area contributed by atoms with E-state index in [0.29, 0.717) is 44.3 Å². The molecule has 0 bridgehead atoms. The number of hydrogen-bond acceptors (Lipinski definition) is 24. The monoisotopic (exact) mass is 1620 g/mol. The lowest BCUT2D eigenvalue weighted by Gasteiger charge is -2.44. The maximum Gasteiger partial charge on any atom is 0.341 e. The van der Waals surface area contributed by atoms with Crippen LogP contribution in [0.1, 0.15) is 76.4 Å². The van der Waals surface area contributed by atoms with Crippen LogP contribution < -0.4 is 31.9 Å². The highest BCUT2D eigenvalue weighted by molar-refractivity contribution is 8.02. The first-order valence-electron chi connectivity index (χ1n) is 32.7. The molecule has 0 saturated carbocycles. The number of amides is 18. The molecular weight excluding hydrogens is 1540 g/mol. The van der Waals surface area contributed by atoms with Crippen molar-refractivity contribution in [3.05, 3.63) is 108 Å². The number of imide groups is 3. The van der Waals surface area contributed by atoms with Gasteiger partial charge < -0.3 is 61.9 Å². The van der Waals surface area contributed by atoms with E-state index >= 15 is 0 Å². The molecule has 45 heteroatoms. The Bertz CT molecular complexity index is 4170. The van der Waals surface area contributed by atoms with E-state index in [4.69, 9.17) is 0 Å². The van der Waals surface area contributed by atoms with E-state index in [0.717, 1.165) is 18.8 Å². The van der Waals surface area contributed by atoms with Gasteiger partial charge in [0.25, 0.3) is 0 Å². The molecule has 0 aliphatic carbocycles. The van der Waals surface area contributed by atoms with Crippen LogP contribution in [0.5, 0.6) is 0 Å². The molecule has 9 heterocycles. The molecule has 108 heavy (non-hydrogen) atoms. The summed E-state index contributed by atoms with van der Waals surface area (Å²) in [6, 6.07) is 8.28. The summed E-state index contributed by atoms with van der Waals surface area (Å²) < 4.78 is 69.9. The van der Waals surface area contributed by atoms with Gasteiger partial charge in [-0.3, -0.25) is 28.8 Å². The molecule has 9 saturated heterocycles. The van der Waals surface area contributed by atoms with Crippen molar-refractivity contribution in [2.75, 3.05) is 58.0 Å². The van der Waals surface area contributed by atoms with Crippen molar-refractivity contribution in [1.29, 1.82) is 0 Å². The highest BCUT2D eigenvalue weighted by Gasteiger charge is 2.67. The molecule has 0 aromatic heterocycles. The molecular formula is C63H75N15O24S6. The second-order valence-electron chi connectivity index (χ2n) is 27.4. The lowest BCUT2D eigenvalue weighted by Crippen LogP contribution is -2.71. The zero-order valence-corrected chi connectivity index (χ0v) is 63.6. The minimum absolute atomic E-state index is 0.193. The number of carboxylic acids is 3. The van der Waals surface area contributed by atoms with E-state index in [1.54, 1.807) is 133 Å². The van der Waals surface area contributed by atoms with Crippen LogP contribution in [0.15, 0.2) is 91.0 Å². The fourth-order valence-electron chi connectivity index (χ4n) is 13.6. The third-order valence-corrected chi connectivity index (χ3v) is 26.9. The molecule has 39 nitrogen and oxygen atoms in total. The molecule has 9 fully saturated rings. The fourth-order valence-corrected chi connectivity index (χ4v) is 20.9.